The van der Waals surface area contributed by atoms with E-state index in [1.54, 1.807) is 6.07 Å². The van der Waals surface area contributed by atoms with Crippen molar-refractivity contribution in [3.8, 4) is 11.6 Å². The second-order valence-electron chi connectivity index (χ2n) is 4.12. The Balaban J connectivity index is 2.39. The maximum absolute atomic E-state index is 13.6. The van der Waals surface area contributed by atoms with Crippen LogP contribution in [0.2, 0.25) is 0 Å². The number of aromatic nitrogens is 1. The molecule has 0 aliphatic rings. The topological polar surface area (TPSA) is 42.4 Å². The van der Waals surface area contributed by atoms with Gasteiger partial charge in [0.1, 0.15) is 0 Å². The first-order valence-electron chi connectivity index (χ1n) is 5.96. The van der Waals surface area contributed by atoms with Crippen molar-refractivity contribution in [2.45, 2.75) is 20.0 Å². The molecule has 0 spiro atoms. The molecule has 6 heteroatoms. The SMILES string of the molecule is CCc1cc(CO)cc(Oc2cc(Br)cc(F)c2F)n1. The summed E-state index contributed by atoms with van der Waals surface area (Å²) in [6.45, 7) is 1.72. The molecule has 1 aromatic carbocycles. The molecule has 3 nitrogen and oxygen atoms in total. The van der Waals surface area contributed by atoms with E-state index in [1.165, 1.54) is 12.1 Å². The molecule has 1 aromatic heterocycles. The monoisotopic (exact) mass is 343 g/mol. The van der Waals surface area contributed by atoms with Crippen LogP contribution in [0.15, 0.2) is 28.7 Å². The van der Waals surface area contributed by atoms with Crippen LogP contribution < -0.4 is 4.74 Å². The van der Waals surface area contributed by atoms with E-state index in [4.69, 9.17) is 9.84 Å². The Morgan fingerprint density at radius 3 is 2.65 bits per heavy atom. The minimum atomic E-state index is -1.08. The molecular weight excluding hydrogens is 332 g/mol. The fourth-order valence-electron chi connectivity index (χ4n) is 1.66. The number of aliphatic hydroxyl groups excluding tert-OH is 1. The van der Waals surface area contributed by atoms with E-state index in [2.05, 4.69) is 20.9 Å². The van der Waals surface area contributed by atoms with Crippen LogP contribution in [0.5, 0.6) is 11.6 Å². The van der Waals surface area contributed by atoms with Crippen LogP contribution in [-0.4, -0.2) is 10.1 Å². The predicted octanol–water partition coefficient (Wildman–Crippen LogP) is 3.97. The summed E-state index contributed by atoms with van der Waals surface area (Å²) in [6, 6.07) is 5.54. The molecule has 106 valence electrons. The van der Waals surface area contributed by atoms with Crippen molar-refractivity contribution in [2.24, 2.45) is 0 Å². The van der Waals surface area contributed by atoms with Gasteiger partial charge >= 0.3 is 0 Å². The molecule has 0 amide bonds. The highest BCUT2D eigenvalue weighted by Gasteiger charge is 2.13. The van der Waals surface area contributed by atoms with E-state index in [0.29, 0.717) is 22.2 Å². The molecule has 0 aliphatic heterocycles. The zero-order chi connectivity index (χ0) is 14.7. The van der Waals surface area contributed by atoms with Gasteiger partial charge in [0.05, 0.1) is 6.61 Å². The molecule has 0 saturated carbocycles. The summed E-state index contributed by atoms with van der Waals surface area (Å²) in [5.74, 6) is -2.24. The first-order valence-corrected chi connectivity index (χ1v) is 6.76. The minimum absolute atomic E-state index is 0.116. The Hall–Kier alpha value is -1.53. The number of hydrogen-bond donors (Lipinski definition) is 1. The van der Waals surface area contributed by atoms with Crippen molar-refractivity contribution >= 4 is 15.9 Å². The molecule has 0 aliphatic carbocycles. The van der Waals surface area contributed by atoms with E-state index in [9.17, 15) is 8.78 Å². The lowest BCUT2D eigenvalue weighted by Crippen LogP contribution is -1.98. The Bertz CT molecular complexity index is 613. The number of benzene rings is 1. The summed E-state index contributed by atoms with van der Waals surface area (Å²) in [7, 11) is 0. The molecular formula is C14H12BrF2NO2. The molecule has 0 saturated heterocycles. The van der Waals surface area contributed by atoms with Crippen molar-refractivity contribution in [3.63, 3.8) is 0 Å². The zero-order valence-corrected chi connectivity index (χ0v) is 12.2. The van der Waals surface area contributed by atoms with Crippen LogP contribution in [0, 0.1) is 11.6 Å². The third-order valence-corrected chi connectivity index (χ3v) is 3.09. The molecule has 0 fully saturated rings. The number of hydrogen-bond acceptors (Lipinski definition) is 3. The average Bonchev–Trinajstić information content (AvgIpc) is 2.43. The fraction of sp³-hybridized carbons (Fsp3) is 0.214. The lowest BCUT2D eigenvalue weighted by molar-refractivity contribution is 0.280. The van der Waals surface area contributed by atoms with Gasteiger partial charge in [-0.15, -0.1) is 0 Å². The summed E-state index contributed by atoms with van der Waals surface area (Å²) in [5.41, 5.74) is 1.30. The Morgan fingerprint density at radius 1 is 1.25 bits per heavy atom. The van der Waals surface area contributed by atoms with Gasteiger partial charge in [0.2, 0.25) is 11.7 Å². The predicted molar refractivity (Wildman–Crippen MR) is 73.7 cm³/mol. The van der Waals surface area contributed by atoms with Gasteiger partial charge in [-0.2, -0.15) is 4.39 Å². The number of rotatable bonds is 4. The van der Waals surface area contributed by atoms with Gasteiger partial charge in [0.15, 0.2) is 11.6 Å². The number of aryl methyl sites for hydroxylation is 1. The van der Waals surface area contributed by atoms with E-state index < -0.39 is 11.6 Å². The van der Waals surface area contributed by atoms with Crippen LogP contribution in [0.1, 0.15) is 18.2 Å². The highest BCUT2D eigenvalue weighted by atomic mass is 79.9. The van der Waals surface area contributed by atoms with Crippen LogP contribution in [0.3, 0.4) is 0 Å². The standard InChI is InChI=1S/C14H12BrF2NO2/c1-2-10-3-8(7-19)4-13(18-10)20-12-6-9(15)5-11(16)14(12)17/h3-6,19H,2,7H2,1H3. The fourth-order valence-corrected chi connectivity index (χ4v) is 2.07. The summed E-state index contributed by atoms with van der Waals surface area (Å²) in [5, 5.41) is 9.17. The second kappa shape index (κ2) is 6.28. The van der Waals surface area contributed by atoms with Crippen molar-refractivity contribution in [3.05, 3.63) is 51.6 Å². The normalized spacial score (nSPS) is 10.7. The Labute approximate surface area is 123 Å². The summed E-state index contributed by atoms with van der Waals surface area (Å²) >= 11 is 3.07. The number of nitrogens with zero attached hydrogens (tertiary/aromatic N) is 1. The highest BCUT2D eigenvalue weighted by Crippen LogP contribution is 2.29. The summed E-state index contributed by atoms with van der Waals surface area (Å²) < 4.78 is 32.6. The van der Waals surface area contributed by atoms with E-state index in [-0.39, 0.29) is 18.2 Å². The zero-order valence-electron chi connectivity index (χ0n) is 10.7. The lowest BCUT2D eigenvalue weighted by Gasteiger charge is -2.09. The van der Waals surface area contributed by atoms with Crippen molar-refractivity contribution in [1.29, 1.82) is 0 Å². The Morgan fingerprint density at radius 2 is 2.00 bits per heavy atom. The number of pyridine rings is 1. The molecule has 2 rings (SSSR count). The molecule has 0 radical (unpaired) electrons. The molecule has 2 aromatic rings. The quantitative estimate of drug-likeness (QED) is 0.854. The van der Waals surface area contributed by atoms with Gasteiger partial charge in [0, 0.05) is 16.2 Å². The molecule has 0 unspecified atom stereocenters. The van der Waals surface area contributed by atoms with Crippen molar-refractivity contribution in [2.75, 3.05) is 0 Å². The van der Waals surface area contributed by atoms with Crippen LogP contribution in [0.4, 0.5) is 8.78 Å². The first-order chi connectivity index (χ1) is 9.53. The molecule has 1 N–H and O–H groups in total. The van der Waals surface area contributed by atoms with Crippen molar-refractivity contribution < 1.29 is 18.6 Å². The van der Waals surface area contributed by atoms with Gasteiger partial charge in [-0.1, -0.05) is 22.9 Å². The van der Waals surface area contributed by atoms with Gasteiger partial charge < -0.3 is 9.84 Å². The molecule has 0 bridgehead atoms. The molecule has 1 heterocycles. The highest BCUT2D eigenvalue weighted by molar-refractivity contribution is 9.10. The number of ether oxygens (including phenoxy) is 1. The largest absolute Gasteiger partial charge is 0.436 e. The Kier molecular flexibility index (Phi) is 4.67. The van der Waals surface area contributed by atoms with Gasteiger partial charge in [-0.25, -0.2) is 9.37 Å². The van der Waals surface area contributed by atoms with Gasteiger partial charge in [0.25, 0.3) is 0 Å². The molecule has 20 heavy (non-hydrogen) atoms. The summed E-state index contributed by atoms with van der Waals surface area (Å²) in [6.07, 6.45) is 0.638. The molecule has 0 atom stereocenters. The van der Waals surface area contributed by atoms with Gasteiger partial charge in [-0.3, -0.25) is 0 Å². The van der Waals surface area contributed by atoms with Crippen LogP contribution in [0.25, 0.3) is 0 Å². The van der Waals surface area contributed by atoms with E-state index in [1.807, 2.05) is 6.92 Å². The average molecular weight is 344 g/mol. The third kappa shape index (κ3) is 3.32. The minimum Gasteiger partial charge on any atom is -0.436 e. The first kappa shape index (κ1) is 14.9. The third-order valence-electron chi connectivity index (χ3n) is 2.63. The lowest BCUT2D eigenvalue weighted by atomic mass is 10.2. The maximum atomic E-state index is 13.6. The maximum Gasteiger partial charge on any atom is 0.219 e. The second-order valence-corrected chi connectivity index (χ2v) is 5.03. The van der Waals surface area contributed by atoms with Crippen LogP contribution >= 0.6 is 15.9 Å². The van der Waals surface area contributed by atoms with E-state index in [0.717, 1.165) is 6.07 Å². The van der Waals surface area contributed by atoms with E-state index >= 15 is 0 Å². The number of aliphatic hydroxyl groups is 1. The number of halogens is 3. The summed E-state index contributed by atoms with van der Waals surface area (Å²) in [4.78, 5) is 4.16. The van der Waals surface area contributed by atoms with Crippen molar-refractivity contribution in [1.82, 2.24) is 4.98 Å². The van der Waals surface area contributed by atoms with Crippen LogP contribution in [-0.2, 0) is 13.0 Å². The smallest absolute Gasteiger partial charge is 0.219 e. The van der Waals surface area contributed by atoms with Gasteiger partial charge in [-0.05, 0) is 30.2 Å².